The molecule has 0 radical (unpaired) electrons. The van der Waals surface area contributed by atoms with E-state index < -0.39 is 0 Å². The van der Waals surface area contributed by atoms with Crippen LogP contribution in [-0.4, -0.2) is 16.9 Å². The zero-order valence-electron chi connectivity index (χ0n) is 11.1. The van der Waals surface area contributed by atoms with Crippen molar-refractivity contribution in [2.24, 2.45) is 0 Å². The van der Waals surface area contributed by atoms with Gasteiger partial charge in [0.05, 0.1) is 10.6 Å². The highest BCUT2D eigenvalue weighted by Crippen LogP contribution is 2.28. The summed E-state index contributed by atoms with van der Waals surface area (Å²) in [5, 5.41) is 16.5. The van der Waals surface area contributed by atoms with Crippen LogP contribution < -0.4 is 5.32 Å². The largest absolute Gasteiger partial charge is 0.349 e. The number of nitrogens with one attached hydrogen (secondary N) is 1. The molecule has 0 unspecified atom stereocenters. The van der Waals surface area contributed by atoms with Gasteiger partial charge in [-0.15, -0.1) is 22.7 Å². The molecule has 1 N–H and O–H groups in total. The van der Waals surface area contributed by atoms with Gasteiger partial charge in [0, 0.05) is 11.4 Å². The summed E-state index contributed by atoms with van der Waals surface area (Å²) in [4.78, 5) is 17.3. The van der Waals surface area contributed by atoms with Crippen molar-refractivity contribution in [2.75, 3.05) is 0 Å². The first-order chi connectivity index (χ1) is 9.60. The predicted octanol–water partition coefficient (Wildman–Crippen LogP) is 3.30. The Labute approximate surface area is 125 Å². The van der Waals surface area contributed by atoms with E-state index in [0.29, 0.717) is 5.69 Å². The molecular formula is C14H13N3OS2. The van der Waals surface area contributed by atoms with E-state index in [2.05, 4.69) is 10.3 Å². The summed E-state index contributed by atoms with van der Waals surface area (Å²) in [6.07, 6.45) is 1.52. The first-order valence-electron chi connectivity index (χ1n) is 6.02. The summed E-state index contributed by atoms with van der Waals surface area (Å²) in [6.45, 7) is 3.70. The van der Waals surface area contributed by atoms with Gasteiger partial charge in [-0.1, -0.05) is 6.07 Å². The van der Waals surface area contributed by atoms with Crippen LogP contribution in [-0.2, 0) is 4.79 Å². The summed E-state index contributed by atoms with van der Waals surface area (Å²) < 4.78 is 0. The standard InChI is InChI=1S/C14H13N3OS2/c1-9(2)16-13(18)10(7-15)6-11-8-20-14(17-11)12-4-3-5-19-12/h3-6,8-9H,1-2H3,(H,16,18). The number of hydrogen-bond acceptors (Lipinski definition) is 5. The zero-order valence-corrected chi connectivity index (χ0v) is 12.7. The molecule has 20 heavy (non-hydrogen) atoms. The summed E-state index contributed by atoms with van der Waals surface area (Å²) in [5.41, 5.74) is 0.704. The van der Waals surface area contributed by atoms with Crippen LogP contribution >= 0.6 is 22.7 Å². The number of aromatic nitrogens is 1. The van der Waals surface area contributed by atoms with Gasteiger partial charge >= 0.3 is 0 Å². The maximum Gasteiger partial charge on any atom is 0.262 e. The third-order valence-electron chi connectivity index (χ3n) is 2.33. The van der Waals surface area contributed by atoms with E-state index >= 15 is 0 Å². The van der Waals surface area contributed by atoms with Crippen molar-refractivity contribution in [1.82, 2.24) is 10.3 Å². The van der Waals surface area contributed by atoms with Gasteiger partial charge in [0.25, 0.3) is 5.91 Å². The number of rotatable bonds is 4. The molecule has 0 aliphatic carbocycles. The number of thiazole rings is 1. The quantitative estimate of drug-likeness (QED) is 0.696. The van der Waals surface area contributed by atoms with Gasteiger partial charge in [-0.05, 0) is 31.4 Å². The Morgan fingerprint density at radius 1 is 1.50 bits per heavy atom. The van der Waals surface area contributed by atoms with Gasteiger partial charge in [0.15, 0.2) is 0 Å². The molecule has 2 rings (SSSR count). The molecule has 0 spiro atoms. The SMILES string of the molecule is CC(C)NC(=O)C(C#N)=Cc1csc(-c2cccs2)n1. The lowest BCUT2D eigenvalue weighted by Crippen LogP contribution is -2.30. The van der Waals surface area contributed by atoms with E-state index in [1.54, 1.807) is 11.3 Å². The Bertz CT molecular complexity index is 663. The van der Waals surface area contributed by atoms with Crippen LogP contribution in [0.15, 0.2) is 28.5 Å². The lowest BCUT2D eigenvalue weighted by molar-refractivity contribution is -0.117. The minimum atomic E-state index is -0.367. The van der Waals surface area contributed by atoms with Gasteiger partial charge in [0.2, 0.25) is 0 Å². The normalized spacial score (nSPS) is 11.4. The molecule has 0 aliphatic rings. The molecule has 6 heteroatoms. The first-order valence-corrected chi connectivity index (χ1v) is 7.78. The molecule has 0 atom stereocenters. The van der Waals surface area contributed by atoms with Crippen molar-refractivity contribution in [1.29, 1.82) is 5.26 Å². The Kier molecular flexibility index (Phi) is 4.66. The van der Waals surface area contributed by atoms with E-state index in [1.807, 2.05) is 42.8 Å². The molecule has 102 valence electrons. The molecule has 0 aliphatic heterocycles. The van der Waals surface area contributed by atoms with Gasteiger partial charge in [-0.2, -0.15) is 5.26 Å². The van der Waals surface area contributed by atoms with Crippen LogP contribution in [0.1, 0.15) is 19.5 Å². The van der Waals surface area contributed by atoms with E-state index in [4.69, 9.17) is 5.26 Å². The van der Waals surface area contributed by atoms with Crippen molar-refractivity contribution >= 4 is 34.7 Å². The van der Waals surface area contributed by atoms with Crippen LogP contribution in [0.3, 0.4) is 0 Å². The Hall–Kier alpha value is -1.97. The van der Waals surface area contributed by atoms with E-state index in [0.717, 1.165) is 9.88 Å². The topological polar surface area (TPSA) is 65.8 Å². The minimum absolute atomic E-state index is 0.00337. The Morgan fingerprint density at radius 3 is 2.90 bits per heavy atom. The lowest BCUT2D eigenvalue weighted by Gasteiger charge is -2.06. The molecule has 4 nitrogen and oxygen atoms in total. The zero-order chi connectivity index (χ0) is 14.5. The number of carbonyl (C=O) groups excluding carboxylic acids is 1. The lowest BCUT2D eigenvalue weighted by atomic mass is 10.2. The fraction of sp³-hybridized carbons (Fsp3) is 0.214. The van der Waals surface area contributed by atoms with E-state index in [9.17, 15) is 4.79 Å². The van der Waals surface area contributed by atoms with Crippen LogP contribution in [0.2, 0.25) is 0 Å². The van der Waals surface area contributed by atoms with Crippen LogP contribution in [0, 0.1) is 11.3 Å². The Morgan fingerprint density at radius 2 is 2.30 bits per heavy atom. The number of thiophene rings is 1. The Balaban J connectivity index is 2.21. The molecule has 1 amide bonds. The molecule has 2 heterocycles. The summed E-state index contributed by atoms with van der Waals surface area (Å²) in [5.74, 6) is -0.367. The molecule has 0 fully saturated rings. The van der Waals surface area contributed by atoms with Crippen LogP contribution in [0.25, 0.3) is 16.0 Å². The number of hydrogen-bond donors (Lipinski definition) is 1. The summed E-state index contributed by atoms with van der Waals surface area (Å²) in [6, 6.07) is 5.87. The fourth-order valence-electron chi connectivity index (χ4n) is 1.50. The monoisotopic (exact) mass is 303 g/mol. The maximum atomic E-state index is 11.8. The third-order valence-corrected chi connectivity index (χ3v) is 4.23. The van der Waals surface area contributed by atoms with Crippen molar-refractivity contribution in [2.45, 2.75) is 19.9 Å². The second-order valence-electron chi connectivity index (χ2n) is 4.35. The molecular weight excluding hydrogens is 290 g/mol. The smallest absolute Gasteiger partial charge is 0.262 e. The molecule has 0 aromatic carbocycles. The number of nitrogens with zero attached hydrogens (tertiary/aromatic N) is 2. The van der Waals surface area contributed by atoms with E-state index in [1.165, 1.54) is 17.4 Å². The number of carbonyl (C=O) groups is 1. The number of amides is 1. The van der Waals surface area contributed by atoms with Crippen molar-refractivity contribution in [3.63, 3.8) is 0 Å². The van der Waals surface area contributed by atoms with E-state index in [-0.39, 0.29) is 17.5 Å². The average Bonchev–Trinajstić information content (AvgIpc) is 3.05. The fourth-order valence-corrected chi connectivity index (χ4v) is 3.09. The highest BCUT2D eigenvalue weighted by atomic mass is 32.1. The third kappa shape index (κ3) is 3.53. The molecule has 0 saturated heterocycles. The van der Waals surface area contributed by atoms with Crippen molar-refractivity contribution in [3.05, 3.63) is 34.2 Å². The van der Waals surface area contributed by atoms with Crippen molar-refractivity contribution in [3.8, 4) is 16.0 Å². The molecule has 0 saturated carbocycles. The van der Waals surface area contributed by atoms with Gasteiger partial charge < -0.3 is 5.32 Å². The molecule has 0 bridgehead atoms. The number of nitriles is 1. The second-order valence-corrected chi connectivity index (χ2v) is 6.16. The van der Waals surface area contributed by atoms with Crippen molar-refractivity contribution < 1.29 is 4.79 Å². The first kappa shape index (κ1) is 14.4. The van der Waals surface area contributed by atoms with Gasteiger partial charge in [-0.3, -0.25) is 4.79 Å². The molecule has 2 aromatic rings. The summed E-state index contributed by atoms with van der Waals surface area (Å²) >= 11 is 3.11. The highest BCUT2D eigenvalue weighted by Gasteiger charge is 2.11. The van der Waals surface area contributed by atoms with Crippen LogP contribution in [0.5, 0.6) is 0 Å². The minimum Gasteiger partial charge on any atom is -0.349 e. The molecule has 2 aromatic heterocycles. The predicted molar refractivity (Wildman–Crippen MR) is 82.3 cm³/mol. The van der Waals surface area contributed by atoms with Gasteiger partial charge in [-0.25, -0.2) is 4.98 Å². The highest BCUT2D eigenvalue weighted by molar-refractivity contribution is 7.20. The van der Waals surface area contributed by atoms with Crippen LogP contribution in [0.4, 0.5) is 0 Å². The van der Waals surface area contributed by atoms with Gasteiger partial charge in [0.1, 0.15) is 16.6 Å². The second kappa shape index (κ2) is 6.46. The summed E-state index contributed by atoms with van der Waals surface area (Å²) in [7, 11) is 0. The maximum absolute atomic E-state index is 11.8. The average molecular weight is 303 g/mol.